The van der Waals surface area contributed by atoms with E-state index in [1.54, 1.807) is 0 Å². The number of allylic oxidation sites excluding steroid dienone is 14. The van der Waals surface area contributed by atoms with Crippen LogP contribution in [-0.2, 0) is 33.3 Å². The fraction of sp³-hybridized carbons (Fsp3) is 0.807. The van der Waals surface area contributed by atoms with Crippen molar-refractivity contribution < 1.29 is 42.9 Å². The monoisotopic (exact) mass is 1360 g/mol. The molecule has 0 aromatic rings. The van der Waals surface area contributed by atoms with Crippen molar-refractivity contribution in [3.63, 3.8) is 0 Å². The number of esters is 2. The highest BCUT2D eigenvalue weighted by Gasteiger charge is 2.22. The number of carboxylic acid groups (broad SMARTS) is 1. The number of hydrogen-bond donors (Lipinski definition) is 0. The van der Waals surface area contributed by atoms with Crippen molar-refractivity contribution in [2.45, 2.75) is 411 Å². The summed E-state index contributed by atoms with van der Waals surface area (Å²) in [6.45, 7) is 4.70. The van der Waals surface area contributed by atoms with E-state index in [4.69, 9.17) is 18.9 Å². The first kappa shape index (κ1) is 93.5. The van der Waals surface area contributed by atoms with Gasteiger partial charge in [0.05, 0.1) is 40.3 Å². The molecule has 0 aliphatic heterocycles. The first-order chi connectivity index (χ1) is 47.6. The van der Waals surface area contributed by atoms with E-state index >= 15 is 0 Å². The third-order valence-electron chi connectivity index (χ3n) is 18.6. The average Bonchev–Trinajstić information content (AvgIpc) is 3.27. The highest BCUT2D eigenvalue weighted by atomic mass is 16.7. The van der Waals surface area contributed by atoms with Gasteiger partial charge in [0, 0.05) is 12.8 Å². The van der Waals surface area contributed by atoms with Crippen molar-refractivity contribution in [3.8, 4) is 0 Å². The van der Waals surface area contributed by atoms with Crippen molar-refractivity contribution in [1.29, 1.82) is 0 Å². The van der Waals surface area contributed by atoms with Crippen molar-refractivity contribution >= 4 is 17.9 Å². The van der Waals surface area contributed by atoms with Gasteiger partial charge in [0.15, 0.2) is 12.4 Å². The van der Waals surface area contributed by atoms with Gasteiger partial charge in [0.1, 0.15) is 13.2 Å². The van der Waals surface area contributed by atoms with Crippen LogP contribution in [0.3, 0.4) is 0 Å². The zero-order valence-corrected chi connectivity index (χ0v) is 64.7. The molecule has 9 heteroatoms. The second-order valence-electron chi connectivity index (χ2n) is 29.4. The highest BCUT2D eigenvalue weighted by Crippen LogP contribution is 2.20. The quantitative estimate of drug-likeness (QED) is 0.0195. The average molecular weight is 1360 g/mol. The van der Waals surface area contributed by atoms with Crippen molar-refractivity contribution in [3.05, 3.63) is 85.1 Å². The van der Waals surface area contributed by atoms with Crippen LogP contribution in [0.4, 0.5) is 0 Å². The van der Waals surface area contributed by atoms with Crippen molar-refractivity contribution in [1.82, 2.24) is 0 Å². The molecule has 0 radical (unpaired) electrons. The van der Waals surface area contributed by atoms with E-state index in [0.717, 1.165) is 70.6 Å². The van der Waals surface area contributed by atoms with Gasteiger partial charge in [-0.05, 0) is 89.9 Å². The Morgan fingerprint density at radius 2 is 0.588 bits per heavy atom. The number of nitrogens with zero attached hydrogens (tertiary/aromatic N) is 1. The molecule has 2 atom stereocenters. The van der Waals surface area contributed by atoms with Crippen LogP contribution >= 0.6 is 0 Å². The van der Waals surface area contributed by atoms with E-state index in [1.165, 1.54) is 295 Å². The molecule has 0 fully saturated rings. The summed E-state index contributed by atoms with van der Waals surface area (Å²) in [7, 11) is 5.95. The molecule has 0 spiro atoms. The molecule has 0 aromatic carbocycles. The largest absolute Gasteiger partial charge is 0.545 e. The fourth-order valence-corrected chi connectivity index (χ4v) is 12.3. The number of carboxylic acids is 1. The molecule has 0 amide bonds. The molecular formula is C88H159NO8. The third kappa shape index (κ3) is 79.7. The smallest absolute Gasteiger partial charge is 0.306 e. The van der Waals surface area contributed by atoms with E-state index in [1.807, 2.05) is 21.1 Å². The Bertz CT molecular complexity index is 1870. The first-order valence-corrected chi connectivity index (χ1v) is 41.7. The lowest BCUT2D eigenvalue weighted by atomic mass is 10.0. The number of rotatable bonds is 78. The SMILES string of the molecule is CC/C=C\C/C=C\C/C=C\C/C=C\C/C=C\C/C=C\CCCCCCCCCCCCCCCCCCCCCCCCC(=O)OC(COC(=O)CCCCCCCCCCCCCCCCCCCCC/C=C\CCCCCCCCCC)COC(OCC[N+](C)(C)C)C(=O)[O-]. The number of quaternary nitrogens is 1. The van der Waals surface area contributed by atoms with Gasteiger partial charge in [-0.1, -0.05) is 381 Å². The van der Waals surface area contributed by atoms with E-state index < -0.39 is 24.3 Å². The Labute approximate surface area is 601 Å². The molecule has 0 bridgehead atoms. The predicted octanol–water partition coefficient (Wildman–Crippen LogP) is 25.6. The molecule has 0 saturated heterocycles. The Morgan fingerprint density at radius 3 is 0.887 bits per heavy atom. The predicted molar refractivity (Wildman–Crippen MR) is 417 cm³/mol. The van der Waals surface area contributed by atoms with E-state index in [-0.39, 0.29) is 32.2 Å². The number of carbonyl (C=O) groups excluding carboxylic acids is 3. The zero-order valence-electron chi connectivity index (χ0n) is 64.7. The number of likely N-dealkylation sites (N-methyl/N-ethyl adjacent to an activating group) is 1. The standard InChI is InChI=1S/C88H159NO8/c1-6-8-10-12-14-16-18-20-22-24-26-28-30-32-34-36-38-39-40-41-42-43-44-45-46-47-49-51-53-55-57-59-61-63-65-67-69-71-73-75-77-79-86(91)97-84(83-96-88(87(92)93)94-81-80-89(3,4)5)82-95-85(90)78-76-74-72-70-68-66-64-62-60-58-56-54-52-50-48-37-35-33-31-29-27-25-23-21-19-17-15-13-11-9-7-2/h8,10,14,16,20,22,25-28,32,34,38-39,84,88H,6-7,9,11-13,15,17-19,21,23-24,29-31,33,35-37,40-83H2,1-5H3/b10-8-,16-14-,22-20-,27-25-,28-26-,34-32-,39-38-. The number of ether oxygens (including phenoxy) is 4. The molecule has 0 rings (SSSR count). The number of hydrogen-bond acceptors (Lipinski definition) is 8. The molecule has 9 nitrogen and oxygen atoms in total. The number of unbranched alkanes of at least 4 members (excludes halogenated alkanes) is 49. The van der Waals surface area contributed by atoms with Crippen LogP contribution in [0.2, 0.25) is 0 Å². The van der Waals surface area contributed by atoms with Crippen LogP contribution < -0.4 is 5.11 Å². The second-order valence-corrected chi connectivity index (χ2v) is 29.4. The summed E-state index contributed by atoms with van der Waals surface area (Å²) < 4.78 is 22.9. The summed E-state index contributed by atoms with van der Waals surface area (Å²) in [5.41, 5.74) is 0. The first-order valence-electron chi connectivity index (χ1n) is 41.7. The lowest BCUT2D eigenvalue weighted by Crippen LogP contribution is -2.44. The minimum Gasteiger partial charge on any atom is -0.545 e. The second kappa shape index (κ2) is 78.2. The van der Waals surface area contributed by atoms with Crippen LogP contribution in [0.25, 0.3) is 0 Å². The molecule has 0 N–H and O–H groups in total. The van der Waals surface area contributed by atoms with E-state index in [9.17, 15) is 19.5 Å². The van der Waals surface area contributed by atoms with Crippen LogP contribution in [0.5, 0.6) is 0 Å². The van der Waals surface area contributed by atoms with Gasteiger partial charge in [-0.2, -0.15) is 0 Å². The summed E-state index contributed by atoms with van der Waals surface area (Å²) >= 11 is 0. The van der Waals surface area contributed by atoms with Crippen LogP contribution in [0.1, 0.15) is 399 Å². The van der Waals surface area contributed by atoms with Gasteiger partial charge in [-0.25, -0.2) is 0 Å². The van der Waals surface area contributed by atoms with Gasteiger partial charge in [-0.15, -0.1) is 0 Å². The Kier molecular flexibility index (Phi) is 75.3. The van der Waals surface area contributed by atoms with Crippen LogP contribution in [0, 0.1) is 0 Å². The third-order valence-corrected chi connectivity index (χ3v) is 18.6. The van der Waals surface area contributed by atoms with Gasteiger partial charge in [0.2, 0.25) is 0 Å². The molecule has 0 aliphatic rings. The Morgan fingerprint density at radius 1 is 0.320 bits per heavy atom. The summed E-state index contributed by atoms with van der Waals surface area (Å²) in [4.78, 5) is 37.6. The minimum absolute atomic E-state index is 0.149. The maximum absolute atomic E-state index is 13.0. The van der Waals surface area contributed by atoms with Gasteiger partial charge < -0.3 is 33.3 Å². The maximum atomic E-state index is 13.0. The number of carbonyl (C=O) groups is 3. The lowest BCUT2D eigenvalue weighted by Gasteiger charge is -2.26. The van der Waals surface area contributed by atoms with Crippen molar-refractivity contribution in [2.24, 2.45) is 0 Å². The zero-order chi connectivity index (χ0) is 70.4. The van der Waals surface area contributed by atoms with E-state index in [0.29, 0.717) is 23.9 Å². The van der Waals surface area contributed by atoms with Crippen LogP contribution in [0.15, 0.2) is 85.1 Å². The highest BCUT2D eigenvalue weighted by molar-refractivity contribution is 5.70. The molecule has 564 valence electrons. The molecule has 2 unspecified atom stereocenters. The fourth-order valence-electron chi connectivity index (χ4n) is 12.3. The van der Waals surface area contributed by atoms with Crippen molar-refractivity contribution in [2.75, 3.05) is 47.5 Å². The number of aliphatic carboxylic acids is 1. The van der Waals surface area contributed by atoms with Crippen LogP contribution in [-0.4, -0.2) is 82.3 Å². The topological polar surface area (TPSA) is 111 Å². The normalized spacial score (nSPS) is 13.0. The van der Waals surface area contributed by atoms with Gasteiger partial charge >= 0.3 is 11.9 Å². The Hall–Kier alpha value is -3.53. The van der Waals surface area contributed by atoms with Gasteiger partial charge in [-0.3, -0.25) is 9.59 Å². The van der Waals surface area contributed by atoms with Gasteiger partial charge in [0.25, 0.3) is 0 Å². The summed E-state index contributed by atoms with van der Waals surface area (Å²) in [5, 5.41) is 11.9. The molecule has 0 heterocycles. The lowest BCUT2D eigenvalue weighted by molar-refractivity contribution is -0.870. The maximum Gasteiger partial charge on any atom is 0.306 e. The summed E-state index contributed by atoms with van der Waals surface area (Å²) in [6, 6.07) is 0. The molecular weight excluding hydrogens is 1200 g/mol. The summed E-state index contributed by atoms with van der Waals surface area (Å²) in [5.74, 6) is -2.25. The molecule has 0 aromatic heterocycles. The summed E-state index contributed by atoms with van der Waals surface area (Å²) in [6.07, 6.45) is 104. The molecule has 0 saturated carbocycles. The minimum atomic E-state index is -1.62. The molecule has 97 heavy (non-hydrogen) atoms. The Balaban J connectivity index is 3.96. The molecule has 0 aliphatic carbocycles. The van der Waals surface area contributed by atoms with E-state index in [2.05, 4.69) is 98.9 Å².